The van der Waals surface area contributed by atoms with Gasteiger partial charge < -0.3 is 9.47 Å². The highest BCUT2D eigenvalue weighted by atomic mass is 16.6. The topological polar surface area (TPSA) is 21.8 Å². The summed E-state index contributed by atoms with van der Waals surface area (Å²) in [5.74, 6) is 1.46. The number of rotatable bonds is 6. The molecule has 0 amide bonds. The Balaban J connectivity index is 1.77. The molecule has 0 radical (unpaired) electrons. The van der Waals surface area contributed by atoms with Gasteiger partial charge in [-0.15, -0.1) is 0 Å². The molecule has 134 valence electrons. The van der Waals surface area contributed by atoms with Crippen molar-refractivity contribution in [3.8, 4) is 5.75 Å². The Labute approximate surface area is 152 Å². The lowest BCUT2D eigenvalue weighted by molar-refractivity contribution is 0.0744. The van der Waals surface area contributed by atoms with Crippen molar-refractivity contribution in [3.05, 3.63) is 65.2 Å². The molecule has 2 heteroatoms. The van der Waals surface area contributed by atoms with Gasteiger partial charge in [0.05, 0.1) is 6.61 Å². The predicted molar refractivity (Wildman–Crippen MR) is 104 cm³/mol. The van der Waals surface area contributed by atoms with Crippen LogP contribution in [0.25, 0.3) is 0 Å². The smallest absolute Gasteiger partial charge is 0.132 e. The van der Waals surface area contributed by atoms with Crippen LogP contribution in [-0.4, -0.2) is 18.3 Å². The maximum atomic E-state index is 6.12. The molecule has 0 aliphatic carbocycles. The van der Waals surface area contributed by atoms with Gasteiger partial charge >= 0.3 is 0 Å². The molecule has 0 N–H and O–H groups in total. The van der Waals surface area contributed by atoms with Crippen molar-refractivity contribution in [2.24, 2.45) is 0 Å². The fourth-order valence-electron chi connectivity index (χ4n) is 3.21. The Morgan fingerprint density at radius 2 is 1.36 bits per heavy atom. The number of hydrogen-bond acceptors (Lipinski definition) is 2. The maximum Gasteiger partial charge on any atom is 0.132 e. The van der Waals surface area contributed by atoms with Gasteiger partial charge in [0.25, 0.3) is 0 Å². The van der Waals surface area contributed by atoms with E-state index in [2.05, 4.69) is 90.1 Å². The Kier molecular flexibility index (Phi) is 4.68. The van der Waals surface area contributed by atoms with E-state index >= 15 is 0 Å². The zero-order valence-corrected chi connectivity index (χ0v) is 16.3. The Hall–Kier alpha value is -1.80. The molecule has 1 aliphatic heterocycles. The summed E-state index contributed by atoms with van der Waals surface area (Å²) in [4.78, 5) is 0. The average Bonchev–Trinajstić information content (AvgIpc) is 3.40. The van der Waals surface area contributed by atoms with E-state index in [0.717, 1.165) is 12.4 Å². The minimum absolute atomic E-state index is 0.0385. The molecule has 0 aromatic heterocycles. The van der Waals surface area contributed by atoms with Crippen LogP contribution in [0.2, 0.25) is 0 Å². The normalized spacial score (nSPS) is 17.6. The van der Waals surface area contributed by atoms with Gasteiger partial charge in [0.2, 0.25) is 0 Å². The second-order valence-corrected chi connectivity index (χ2v) is 8.45. The van der Waals surface area contributed by atoms with Crippen LogP contribution in [0.5, 0.6) is 5.75 Å². The van der Waals surface area contributed by atoms with Crippen molar-refractivity contribution in [3.63, 3.8) is 0 Å². The Morgan fingerprint density at radius 1 is 0.880 bits per heavy atom. The van der Waals surface area contributed by atoms with Gasteiger partial charge in [0, 0.05) is 5.41 Å². The van der Waals surface area contributed by atoms with Crippen molar-refractivity contribution >= 4 is 0 Å². The third-order valence-corrected chi connectivity index (χ3v) is 5.36. The first-order chi connectivity index (χ1) is 11.7. The highest BCUT2D eigenvalue weighted by molar-refractivity contribution is 5.41. The lowest BCUT2D eigenvalue weighted by atomic mass is 9.77. The number of epoxide rings is 1. The minimum Gasteiger partial charge on any atom is -0.485 e. The SMILES string of the molecule is CC(C)c1ccc(C(C)(C)c2ccc(OC(C)(C)C3CO3)cc2)cc1. The summed E-state index contributed by atoms with van der Waals surface area (Å²) in [5, 5.41) is 0. The zero-order chi connectivity index (χ0) is 18.2. The molecular weight excluding hydrogens is 308 g/mol. The molecule has 2 aromatic carbocycles. The summed E-state index contributed by atoms with van der Waals surface area (Å²) < 4.78 is 11.5. The molecule has 0 saturated carbocycles. The molecule has 1 atom stereocenters. The highest BCUT2D eigenvalue weighted by Crippen LogP contribution is 2.34. The molecule has 1 fully saturated rings. The van der Waals surface area contributed by atoms with Gasteiger partial charge in [-0.1, -0.05) is 64.1 Å². The minimum atomic E-state index is -0.274. The van der Waals surface area contributed by atoms with Crippen LogP contribution in [-0.2, 0) is 10.2 Å². The van der Waals surface area contributed by atoms with Crippen LogP contribution < -0.4 is 4.74 Å². The van der Waals surface area contributed by atoms with E-state index in [9.17, 15) is 0 Å². The molecule has 0 spiro atoms. The molecule has 3 rings (SSSR count). The molecule has 2 nitrogen and oxygen atoms in total. The van der Waals surface area contributed by atoms with Crippen LogP contribution in [0.3, 0.4) is 0 Å². The number of ether oxygens (including phenoxy) is 2. The number of benzene rings is 2. The first-order valence-electron chi connectivity index (χ1n) is 9.22. The van der Waals surface area contributed by atoms with Gasteiger partial charge in [-0.3, -0.25) is 0 Å². The molecule has 0 bridgehead atoms. The van der Waals surface area contributed by atoms with Gasteiger partial charge in [0.15, 0.2) is 0 Å². The fourth-order valence-corrected chi connectivity index (χ4v) is 3.21. The van der Waals surface area contributed by atoms with Gasteiger partial charge in [-0.2, -0.15) is 0 Å². The molecule has 1 unspecified atom stereocenters. The van der Waals surface area contributed by atoms with E-state index in [4.69, 9.17) is 9.47 Å². The van der Waals surface area contributed by atoms with Crippen LogP contribution in [0, 0.1) is 0 Å². The van der Waals surface area contributed by atoms with E-state index in [1.54, 1.807) is 0 Å². The summed E-state index contributed by atoms with van der Waals surface area (Å²) in [6, 6.07) is 17.5. The van der Waals surface area contributed by atoms with Crippen LogP contribution in [0.4, 0.5) is 0 Å². The summed E-state index contributed by atoms with van der Waals surface area (Å²) in [7, 11) is 0. The Bertz CT molecular complexity index is 705. The second kappa shape index (κ2) is 6.49. The standard InChI is InChI=1S/C23H30O2/c1-16(2)17-7-9-18(10-8-17)22(3,4)19-11-13-20(14-12-19)25-23(5,6)21-15-24-21/h7-14,16,21H,15H2,1-6H3. The summed E-state index contributed by atoms with van der Waals surface area (Å²) in [6.07, 6.45) is 0.211. The molecule has 1 saturated heterocycles. The maximum absolute atomic E-state index is 6.12. The van der Waals surface area contributed by atoms with E-state index in [0.29, 0.717) is 5.92 Å². The number of hydrogen-bond donors (Lipinski definition) is 0. The van der Waals surface area contributed by atoms with E-state index < -0.39 is 0 Å². The van der Waals surface area contributed by atoms with Gasteiger partial charge in [-0.05, 0) is 48.6 Å². The average molecular weight is 338 g/mol. The van der Waals surface area contributed by atoms with Crippen molar-refractivity contribution in [1.29, 1.82) is 0 Å². The first-order valence-corrected chi connectivity index (χ1v) is 9.22. The summed E-state index contributed by atoms with van der Waals surface area (Å²) in [6.45, 7) is 14.0. The highest BCUT2D eigenvalue weighted by Gasteiger charge is 2.41. The molecule has 25 heavy (non-hydrogen) atoms. The lowest BCUT2D eigenvalue weighted by Crippen LogP contribution is -2.34. The largest absolute Gasteiger partial charge is 0.485 e. The molecule has 1 heterocycles. The van der Waals surface area contributed by atoms with Crippen LogP contribution in [0.15, 0.2) is 48.5 Å². The van der Waals surface area contributed by atoms with E-state index in [1.807, 2.05) is 0 Å². The van der Waals surface area contributed by atoms with Crippen LogP contribution in [0.1, 0.15) is 64.2 Å². The van der Waals surface area contributed by atoms with E-state index in [-0.39, 0.29) is 17.1 Å². The summed E-state index contributed by atoms with van der Waals surface area (Å²) >= 11 is 0. The fraction of sp³-hybridized carbons (Fsp3) is 0.478. The quantitative estimate of drug-likeness (QED) is 0.631. The summed E-state index contributed by atoms with van der Waals surface area (Å²) in [5.41, 5.74) is 3.69. The van der Waals surface area contributed by atoms with Crippen molar-refractivity contribution in [2.75, 3.05) is 6.61 Å². The van der Waals surface area contributed by atoms with Gasteiger partial charge in [0.1, 0.15) is 17.5 Å². The molecular formula is C23H30O2. The second-order valence-electron chi connectivity index (χ2n) is 8.45. The lowest BCUT2D eigenvalue weighted by Gasteiger charge is -2.28. The van der Waals surface area contributed by atoms with Crippen molar-refractivity contribution in [2.45, 2.75) is 64.6 Å². The predicted octanol–water partition coefficient (Wildman–Crippen LogP) is 5.69. The Morgan fingerprint density at radius 3 is 1.80 bits per heavy atom. The van der Waals surface area contributed by atoms with E-state index in [1.165, 1.54) is 16.7 Å². The molecule has 2 aromatic rings. The third-order valence-electron chi connectivity index (χ3n) is 5.36. The molecule has 1 aliphatic rings. The van der Waals surface area contributed by atoms with Crippen molar-refractivity contribution < 1.29 is 9.47 Å². The zero-order valence-electron chi connectivity index (χ0n) is 16.3. The monoisotopic (exact) mass is 338 g/mol. The van der Waals surface area contributed by atoms with Gasteiger partial charge in [-0.25, -0.2) is 0 Å². The van der Waals surface area contributed by atoms with Crippen molar-refractivity contribution in [1.82, 2.24) is 0 Å². The third kappa shape index (κ3) is 3.90. The first kappa shape index (κ1) is 18.0. The van der Waals surface area contributed by atoms with Crippen LogP contribution >= 0.6 is 0 Å².